The van der Waals surface area contributed by atoms with Gasteiger partial charge in [-0.15, -0.1) is 0 Å². The standard InChI is InChI=1S/C19H16F6/c20-16-5-2-12(9-15(16)19(23,24)25)7-11-1-3-13(8-11)14-4-6-17(21)18(22)10-14/h2,4-6,9-11,13H,1,3,7-8H2. The van der Waals surface area contributed by atoms with Crippen LogP contribution in [-0.2, 0) is 12.6 Å². The minimum absolute atomic E-state index is 0.0580. The second kappa shape index (κ2) is 6.73. The highest BCUT2D eigenvalue weighted by Gasteiger charge is 2.34. The van der Waals surface area contributed by atoms with Crippen LogP contribution in [0.25, 0.3) is 0 Å². The highest BCUT2D eigenvalue weighted by molar-refractivity contribution is 5.28. The van der Waals surface area contributed by atoms with Gasteiger partial charge in [0.1, 0.15) is 5.82 Å². The molecular formula is C19H16F6. The van der Waals surface area contributed by atoms with Crippen LogP contribution in [0.2, 0.25) is 0 Å². The zero-order valence-electron chi connectivity index (χ0n) is 13.2. The SMILES string of the molecule is Fc1ccc(C2CCC(Cc3ccc(F)c(C(F)(F)F)c3)C2)cc1F. The van der Waals surface area contributed by atoms with Crippen LogP contribution in [0.3, 0.4) is 0 Å². The third-order valence-corrected chi connectivity index (χ3v) is 4.82. The molecule has 0 radical (unpaired) electrons. The van der Waals surface area contributed by atoms with Crippen LogP contribution >= 0.6 is 0 Å². The van der Waals surface area contributed by atoms with E-state index < -0.39 is 29.2 Å². The highest BCUT2D eigenvalue weighted by atomic mass is 19.4. The molecule has 0 bridgehead atoms. The van der Waals surface area contributed by atoms with Crippen molar-refractivity contribution in [1.82, 2.24) is 0 Å². The number of hydrogen-bond donors (Lipinski definition) is 0. The summed E-state index contributed by atoms with van der Waals surface area (Å²) in [7, 11) is 0. The van der Waals surface area contributed by atoms with Gasteiger partial charge >= 0.3 is 6.18 Å². The first-order valence-electron chi connectivity index (χ1n) is 8.04. The predicted octanol–water partition coefficient (Wildman–Crippen LogP) is 6.25. The van der Waals surface area contributed by atoms with E-state index in [2.05, 4.69) is 0 Å². The second-order valence-electron chi connectivity index (χ2n) is 6.57. The molecule has 0 amide bonds. The Kier molecular flexibility index (Phi) is 4.80. The maximum atomic E-state index is 13.4. The largest absolute Gasteiger partial charge is 0.419 e. The Bertz CT molecular complexity index is 765. The molecule has 0 spiro atoms. The van der Waals surface area contributed by atoms with E-state index in [9.17, 15) is 26.3 Å². The molecule has 2 atom stereocenters. The van der Waals surface area contributed by atoms with E-state index in [0.717, 1.165) is 31.0 Å². The van der Waals surface area contributed by atoms with Crippen LogP contribution in [-0.4, -0.2) is 0 Å². The first kappa shape index (κ1) is 17.8. The Hall–Kier alpha value is -1.98. The summed E-state index contributed by atoms with van der Waals surface area (Å²) in [4.78, 5) is 0. The lowest BCUT2D eigenvalue weighted by atomic mass is 9.93. The van der Waals surface area contributed by atoms with Crippen LogP contribution in [0.15, 0.2) is 36.4 Å². The maximum absolute atomic E-state index is 13.4. The molecule has 0 N–H and O–H groups in total. The summed E-state index contributed by atoms with van der Waals surface area (Å²) >= 11 is 0. The molecule has 3 rings (SSSR count). The van der Waals surface area contributed by atoms with E-state index >= 15 is 0 Å². The van der Waals surface area contributed by atoms with E-state index in [4.69, 9.17) is 0 Å². The van der Waals surface area contributed by atoms with Crippen LogP contribution in [0.5, 0.6) is 0 Å². The summed E-state index contributed by atoms with van der Waals surface area (Å²) in [6.45, 7) is 0. The second-order valence-corrected chi connectivity index (χ2v) is 6.57. The summed E-state index contributed by atoms with van der Waals surface area (Å²) in [6, 6.07) is 6.90. The normalized spacial score (nSPS) is 20.9. The number of halogens is 6. The van der Waals surface area contributed by atoms with Crippen molar-refractivity contribution in [3.8, 4) is 0 Å². The number of hydrogen-bond acceptors (Lipinski definition) is 0. The van der Waals surface area contributed by atoms with Crippen molar-refractivity contribution in [3.63, 3.8) is 0 Å². The van der Waals surface area contributed by atoms with Crippen molar-refractivity contribution in [2.75, 3.05) is 0 Å². The van der Waals surface area contributed by atoms with Crippen molar-refractivity contribution < 1.29 is 26.3 Å². The summed E-state index contributed by atoms with van der Waals surface area (Å²) < 4.78 is 78.1. The Morgan fingerprint density at radius 1 is 0.840 bits per heavy atom. The summed E-state index contributed by atoms with van der Waals surface area (Å²) in [5.74, 6) is -2.88. The third kappa shape index (κ3) is 3.99. The van der Waals surface area contributed by atoms with E-state index in [0.29, 0.717) is 24.0 Å². The zero-order chi connectivity index (χ0) is 18.2. The summed E-state index contributed by atoms with van der Waals surface area (Å²) in [6.07, 6.45) is -2.08. The zero-order valence-corrected chi connectivity index (χ0v) is 13.2. The van der Waals surface area contributed by atoms with Gasteiger partial charge in [-0.3, -0.25) is 0 Å². The molecule has 0 saturated heterocycles. The van der Waals surface area contributed by atoms with Crippen molar-refractivity contribution in [1.29, 1.82) is 0 Å². The molecule has 134 valence electrons. The molecule has 0 aromatic heterocycles. The molecule has 0 aliphatic heterocycles. The molecule has 1 aliphatic rings. The van der Waals surface area contributed by atoms with Gasteiger partial charge in [0.05, 0.1) is 5.56 Å². The highest BCUT2D eigenvalue weighted by Crippen LogP contribution is 2.40. The van der Waals surface area contributed by atoms with E-state index in [-0.39, 0.29) is 11.8 Å². The van der Waals surface area contributed by atoms with Gasteiger partial charge in [0.25, 0.3) is 0 Å². The maximum Gasteiger partial charge on any atom is 0.419 e. The molecule has 2 aromatic carbocycles. The molecular weight excluding hydrogens is 342 g/mol. The molecule has 0 heterocycles. The van der Waals surface area contributed by atoms with Crippen LogP contribution < -0.4 is 0 Å². The van der Waals surface area contributed by atoms with Crippen molar-refractivity contribution in [3.05, 3.63) is 70.5 Å². The summed E-state index contributed by atoms with van der Waals surface area (Å²) in [5, 5.41) is 0. The molecule has 2 aromatic rings. The quantitative estimate of drug-likeness (QED) is 0.569. The fourth-order valence-corrected chi connectivity index (χ4v) is 3.58. The monoisotopic (exact) mass is 358 g/mol. The Morgan fingerprint density at radius 3 is 2.24 bits per heavy atom. The number of benzene rings is 2. The lowest BCUT2D eigenvalue weighted by molar-refractivity contribution is -0.140. The minimum atomic E-state index is -4.72. The van der Waals surface area contributed by atoms with Crippen molar-refractivity contribution in [2.24, 2.45) is 5.92 Å². The predicted molar refractivity (Wildman–Crippen MR) is 81.5 cm³/mol. The van der Waals surface area contributed by atoms with Crippen molar-refractivity contribution >= 4 is 0 Å². The molecule has 1 saturated carbocycles. The molecule has 2 unspecified atom stereocenters. The van der Waals surface area contributed by atoms with E-state index in [1.165, 1.54) is 12.1 Å². The van der Waals surface area contributed by atoms with Gasteiger partial charge in [-0.2, -0.15) is 13.2 Å². The first-order valence-corrected chi connectivity index (χ1v) is 8.04. The first-order chi connectivity index (χ1) is 11.7. The average molecular weight is 358 g/mol. The van der Waals surface area contributed by atoms with Gasteiger partial charge in [0.2, 0.25) is 0 Å². The molecule has 0 nitrogen and oxygen atoms in total. The fourth-order valence-electron chi connectivity index (χ4n) is 3.58. The van der Waals surface area contributed by atoms with Gasteiger partial charge in [-0.1, -0.05) is 12.1 Å². The van der Waals surface area contributed by atoms with E-state index in [1.807, 2.05) is 0 Å². The lowest BCUT2D eigenvalue weighted by Gasteiger charge is -2.14. The summed E-state index contributed by atoms with van der Waals surface area (Å²) in [5.41, 5.74) is -0.110. The smallest absolute Gasteiger partial charge is 0.206 e. The van der Waals surface area contributed by atoms with Gasteiger partial charge < -0.3 is 0 Å². The van der Waals surface area contributed by atoms with Crippen LogP contribution in [0.1, 0.15) is 41.9 Å². The van der Waals surface area contributed by atoms with Gasteiger partial charge in [-0.05, 0) is 72.9 Å². The average Bonchev–Trinajstić information content (AvgIpc) is 2.99. The third-order valence-electron chi connectivity index (χ3n) is 4.82. The van der Waals surface area contributed by atoms with Gasteiger partial charge in [0, 0.05) is 0 Å². The molecule has 6 heteroatoms. The fraction of sp³-hybridized carbons (Fsp3) is 0.368. The number of alkyl halides is 3. The van der Waals surface area contributed by atoms with Crippen LogP contribution in [0.4, 0.5) is 26.3 Å². The molecule has 1 aliphatic carbocycles. The topological polar surface area (TPSA) is 0 Å². The van der Waals surface area contributed by atoms with E-state index in [1.54, 1.807) is 6.07 Å². The molecule has 25 heavy (non-hydrogen) atoms. The Balaban J connectivity index is 1.70. The lowest BCUT2D eigenvalue weighted by Crippen LogP contribution is -2.10. The number of rotatable bonds is 3. The van der Waals surface area contributed by atoms with Crippen molar-refractivity contribution in [2.45, 2.75) is 37.8 Å². The van der Waals surface area contributed by atoms with Crippen LogP contribution in [0, 0.1) is 23.4 Å². The minimum Gasteiger partial charge on any atom is -0.206 e. The van der Waals surface area contributed by atoms with Gasteiger partial charge in [-0.25, -0.2) is 13.2 Å². The molecule has 1 fully saturated rings. The Morgan fingerprint density at radius 2 is 1.56 bits per heavy atom. The Labute approximate surface area is 141 Å². The van der Waals surface area contributed by atoms with Gasteiger partial charge in [0.15, 0.2) is 11.6 Å².